The number of benzene rings is 1. The van der Waals surface area contributed by atoms with Crippen molar-refractivity contribution in [3.8, 4) is 0 Å². The van der Waals surface area contributed by atoms with E-state index in [0.717, 1.165) is 33.9 Å². The van der Waals surface area contributed by atoms with E-state index in [1.54, 1.807) is 0 Å². The molecule has 1 aromatic heterocycles. The molecule has 0 unspecified atom stereocenters. The lowest BCUT2D eigenvalue weighted by atomic mass is 9.64. The average molecular weight is 422 g/mol. The molecular formula is C18H20BrN3O4. The number of rotatable bonds is 6. The maximum Gasteiger partial charge on any atom is 0.328 e. The maximum atomic E-state index is 12.5. The van der Waals surface area contributed by atoms with Gasteiger partial charge >= 0.3 is 5.69 Å². The van der Waals surface area contributed by atoms with Crippen molar-refractivity contribution in [3.05, 3.63) is 66.9 Å². The fourth-order valence-electron chi connectivity index (χ4n) is 3.28. The third kappa shape index (κ3) is 3.66. The van der Waals surface area contributed by atoms with Crippen LogP contribution in [0, 0.1) is 0 Å². The van der Waals surface area contributed by atoms with Crippen molar-refractivity contribution in [2.45, 2.75) is 31.2 Å². The number of amides is 1. The molecule has 1 aliphatic rings. The highest BCUT2D eigenvalue weighted by molar-refractivity contribution is 9.10. The molecule has 26 heavy (non-hydrogen) atoms. The first kappa shape index (κ1) is 18.6. The van der Waals surface area contributed by atoms with Crippen LogP contribution in [-0.2, 0) is 12.0 Å². The largest absolute Gasteiger partial charge is 0.395 e. The van der Waals surface area contributed by atoms with Crippen molar-refractivity contribution in [1.29, 1.82) is 0 Å². The SMILES string of the molecule is O=C(NCC1(c2cccc(Br)c2)CCC1)c1cn(CCO)c(=O)[nH]c1=O. The van der Waals surface area contributed by atoms with Crippen molar-refractivity contribution in [2.75, 3.05) is 13.2 Å². The highest BCUT2D eigenvalue weighted by Crippen LogP contribution is 2.43. The van der Waals surface area contributed by atoms with Gasteiger partial charge in [0.1, 0.15) is 5.56 Å². The molecular weight excluding hydrogens is 402 g/mol. The molecule has 1 amide bonds. The average Bonchev–Trinajstić information content (AvgIpc) is 2.56. The van der Waals surface area contributed by atoms with E-state index in [1.807, 2.05) is 18.2 Å². The van der Waals surface area contributed by atoms with Crippen LogP contribution in [-0.4, -0.2) is 33.7 Å². The molecule has 0 radical (unpaired) electrons. The number of aliphatic hydroxyl groups excluding tert-OH is 1. The molecule has 8 heteroatoms. The highest BCUT2D eigenvalue weighted by Gasteiger charge is 2.39. The number of H-pyrrole nitrogens is 1. The molecule has 0 saturated heterocycles. The third-order valence-corrected chi connectivity index (χ3v) is 5.42. The van der Waals surface area contributed by atoms with E-state index in [0.29, 0.717) is 6.54 Å². The van der Waals surface area contributed by atoms with Crippen molar-refractivity contribution >= 4 is 21.8 Å². The first-order valence-electron chi connectivity index (χ1n) is 8.44. The van der Waals surface area contributed by atoms with Crippen LogP contribution in [0.2, 0.25) is 0 Å². The van der Waals surface area contributed by atoms with Gasteiger partial charge in [-0.05, 0) is 30.5 Å². The lowest BCUT2D eigenvalue weighted by Gasteiger charge is -2.42. The number of nitrogens with one attached hydrogen (secondary N) is 2. The molecule has 0 atom stereocenters. The van der Waals surface area contributed by atoms with E-state index >= 15 is 0 Å². The Balaban J connectivity index is 1.79. The number of halogens is 1. The summed E-state index contributed by atoms with van der Waals surface area (Å²) in [5, 5.41) is 11.8. The number of hydrogen-bond donors (Lipinski definition) is 3. The van der Waals surface area contributed by atoms with Gasteiger partial charge in [-0.15, -0.1) is 0 Å². The maximum absolute atomic E-state index is 12.5. The molecule has 138 valence electrons. The smallest absolute Gasteiger partial charge is 0.328 e. The zero-order valence-corrected chi connectivity index (χ0v) is 15.7. The monoisotopic (exact) mass is 421 g/mol. The van der Waals surface area contributed by atoms with Crippen molar-refractivity contribution < 1.29 is 9.90 Å². The summed E-state index contributed by atoms with van der Waals surface area (Å²) in [6, 6.07) is 8.03. The van der Waals surface area contributed by atoms with E-state index in [-0.39, 0.29) is 24.1 Å². The van der Waals surface area contributed by atoms with Gasteiger partial charge in [0.25, 0.3) is 11.5 Å². The van der Waals surface area contributed by atoms with Crippen molar-refractivity contribution in [2.24, 2.45) is 0 Å². The Hall–Kier alpha value is -2.19. The lowest BCUT2D eigenvalue weighted by molar-refractivity contribution is 0.0925. The summed E-state index contributed by atoms with van der Waals surface area (Å²) in [5.41, 5.74) is -0.498. The lowest BCUT2D eigenvalue weighted by Crippen LogP contribution is -2.47. The van der Waals surface area contributed by atoms with Crippen LogP contribution in [0.5, 0.6) is 0 Å². The second-order valence-corrected chi connectivity index (χ2v) is 7.46. The molecule has 1 aliphatic carbocycles. The molecule has 0 bridgehead atoms. The Labute approximate surface area is 158 Å². The number of aliphatic hydroxyl groups is 1. The van der Waals surface area contributed by atoms with E-state index in [9.17, 15) is 14.4 Å². The zero-order valence-electron chi connectivity index (χ0n) is 14.1. The van der Waals surface area contributed by atoms with Gasteiger partial charge in [0, 0.05) is 22.6 Å². The van der Waals surface area contributed by atoms with E-state index in [1.165, 1.54) is 6.20 Å². The molecule has 3 N–H and O–H groups in total. The predicted molar refractivity (Wildman–Crippen MR) is 100 cm³/mol. The molecule has 3 rings (SSSR count). The first-order valence-corrected chi connectivity index (χ1v) is 9.23. The predicted octanol–water partition coefficient (Wildman–Crippen LogP) is 1.14. The minimum atomic E-state index is -0.730. The molecule has 1 heterocycles. The van der Waals surface area contributed by atoms with Gasteiger partial charge in [0.05, 0.1) is 13.2 Å². The standard InChI is InChI=1S/C18H20BrN3O4/c19-13-4-1-3-12(9-13)18(5-2-6-18)11-20-15(24)14-10-22(7-8-23)17(26)21-16(14)25/h1,3-4,9-10,23H,2,5-8,11H2,(H,20,24)(H,21,25,26). The van der Waals surface area contributed by atoms with Gasteiger partial charge in [-0.2, -0.15) is 0 Å². The van der Waals surface area contributed by atoms with Gasteiger partial charge in [-0.3, -0.25) is 19.1 Å². The van der Waals surface area contributed by atoms with Crippen LogP contribution in [0.1, 0.15) is 35.2 Å². The van der Waals surface area contributed by atoms with Crippen LogP contribution in [0.25, 0.3) is 0 Å². The number of carbonyl (C=O) groups is 1. The molecule has 1 saturated carbocycles. The third-order valence-electron chi connectivity index (χ3n) is 4.93. The molecule has 0 aliphatic heterocycles. The Morgan fingerprint density at radius 2 is 2.12 bits per heavy atom. The highest BCUT2D eigenvalue weighted by atomic mass is 79.9. The second kappa shape index (κ2) is 7.59. The summed E-state index contributed by atoms with van der Waals surface area (Å²) < 4.78 is 2.10. The van der Waals surface area contributed by atoms with E-state index < -0.39 is 17.2 Å². The Morgan fingerprint density at radius 1 is 1.35 bits per heavy atom. The number of carbonyl (C=O) groups excluding carboxylic acids is 1. The Kier molecular flexibility index (Phi) is 5.43. The topological polar surface area (TPSA) is 104 Å². The van der Waals surface area contributed by atoms with Crippen LogP contribution >= 0.6 is 15.9 Å². The summed E-state index contributed by atoms with van der Waals surface area (Å²) in [4.78, 5) is 38.2. The minimum Gasteiger partial charge on any atom is -0.395 e. The number of hydrogen-bond acceptors (Lipinski definition) is 4. The van der Waals surface area contributed by atoms with Gasteiger partial charge in [0.15, 0.2) is 0 Å². The van der Waals surface area contributed by atoms with Gasteiger partial charge in [-0.25, -0.2) is 4.79 Å². The fourth-order valence-corrected chi connectivity index (χ4v) is 3.68. The van der Waals surface area contributed by atoms with Crippen LogP contribution in [0.15, 0.2) is 44.5 Å². The Morgan fingerprint density at radius 3 is 2.73 bits per heavy atom. The summed E-state index contributed by atoms with van der Waals surface area (Å²) in [6.45, 7) is 0.164. The van der Waals surface area contributed by atoms with Crippen molar-refractivity contribution in [3.63, 3.8) is 0 Å². The molecule has 1 aromatic carbocycles. The molecule has 0 spiro atoms. The number of nitrogens with zero attached hydrogens (tertiary/aromatic N) is 1. The van der Waals surface area contributed by atoms with Crippen LogP contribution < -0.4 is 16.6 Å². The second-order valence-electron chi connectivity index (χ2n) is 6.55. The fraction of sp³-hybridized carbons (Fsp3) is 0.389. The number of aromatic nitrogens is 2. The first-order chi connectivity index (χ1) is 12.4. The van der Waals surface area contributed by atoms with Gasteiger partial charge < -0.3 is 10.4 Å². The van der Waals surface area contributed by atoms with Gasteiger partial charge in [0.2, 0.25) is 0 Å². The van der Waals surface area contributed by atoms with Crippen LogP contribution in [0.3, 0.4) is 0 Å². The summed E-state index contributed by atoms with van der Waals surface area (Å²) in [7, 11) is 0. The van der Waals surface area contributed by atoms with Crippen molar-refractivity contribution in [1.82, 2.24) is 14.9 Å². The van der Waals surface area contributed by atoms with E-state index in [4.69, 9.17) is 5.11 Å². The summed E-state index contributed by atoms with van der Waals surface area (Å²) in [5.74, 6) is -0.529. The molecule has 1 fully saturated rings. The minimum absolute atomic E-state index is 0.0118. The number of aromatic amines is 1. The van der Waals surface area contributed by atoms with Crippen LogP contribution in [0.4, 0.5) is 0 Å². The zero-order chi connectivity index (χ0) is 18.7. The van der Waals surface area contributed by atoms with E-state index in [2.05, 4.69) is 32.3 Å². The van der Waals surface area contributed by atoms with Gasteiger partial charge in [-0.1, -0.05) is 34.5 Å². The molecule has 7 nitrogen and oxygen atoms in total. The summed E-state index contributed by atoms with van der Waals surface area (Å²) >= 11 is 3.48. The normalized spacial score (nSPS) is 15.3. The molecule has 2 aromatic rings. The Bertz CT molecular complexity index is 931. The summed E-state index contributed by atoms with van der Waals surface area (Å²) in [6.07, 6.45) is 4.21. The quantitative estimate of drug-likeness (QED) is 0.650.